The Balaban J connectivity index is 1.93. The van der Waals surface area contributed by atoms with Gasteiger partial charge in [0.05, 0.1) is 0 Å². The molecule has 2 unspecified atom stereocenters. The molecule has 1 aliphatic carbocycles. The van der Waals surface area contributed by atoms with Crippen molar-refractivity contribution in [3.8, 4) is 0 Å². The van der Waals surface area contributed by atoms with Crippen LogP contribution < -0.4 is 5.32 Å². The van der Waals surface area contributed by atoms with Crippen LogP contribution in [-0.2, 0) is 0 Å². The molecular weight excluding hydrogens is 210 g/mol. The highest BCUT2D eigenvalue weighted by molar-refractivity contribution is 5.36. The molecule has 1 fully saturated rings. The van der Waals surface area contributed by atoms with Gasteiger partial charge in [0, 0.05) is 17.8 Å². The number of nitrogens with one attached hydrogen (secondary N) is 1. The van der Waals surface area contributed by atoms with E-state index in [1.807, 2.05) is 13.0 Å². The second-order valence-corrected chi connectivity index (χ2v) is 5.13. The fourth-order valence-corrected chi connectivity index (χ4v) is 2.76. The molecule has 0 bridgehead atoms. The van der Waals surface area contributed by atoms with Crippen molar-refractivity contribution < 1.29 is 0 Å². The molecule has 0 aromatic carbocycles. The predicted octanol–water partition coefficient (Wildman–Crippen LogP) is 3.56. The van der Waals surface area contributed by atoms with Gasteiger partial charge >= 0.3 is 0 Å². The van der Waals surface area contributed by atoms with Gasteiger partial charge in [-0.05, 0) is 32.1 Å². The Morgan fingerprint density at radius 1 is 1.35 bits per heavy atom. The first-order valence-corrected chi connectivity index (χ1v) is 6.84. The van der Waals surface area contributed by atoms with Crippen molar-refractivity contribution in [1.29, 1.82) is 0 Å². The summed E-state index contributed by atoms with van der Waals surface area (Å²) in [5.41, 5.74) is 1.03. The highest BCUT2D eigenvalue weighted by Crippen LogP contribution is 2.31. The number of anilines is 1. The molecule has 0 saturated heterocycles. The number of aryl methyl sites for hydroxylation is 1. The number of hydrogen-bond acceptors (Lipinski definition) is 3. The summed E-state index contributed by atoms with van der Waals surface area (Å²) < 4.78 is 0. The highest BCUT2D eigenvalue weighted by atomic mass is 15.0. The fraction of sp³-hybridized carbons (Fsp3) is 0.714. The van der Waals surface area contributed by atoms with Crippen molar-refractivity contribution in [2.75, 3.05) is 5.32 Å². The largest absolute Gasteiger partial charge is 0.367 e. The second-order valence-electron chi connectivity index (χ2n) is 5.13. The van der Waals surface area contributed by atoms with E-state index in [1.165, 1.54) is 38.5 Å². The van der Waals surface area contributed by atoms with Gasteiger partial charge in [-0.15, -0.1) is 0 Å². The van der Waals surface area contributed by atoms with Gasteiger partial charge in [-0.1, -0.05) is 26.2 Å². The van der Waals surface area contributed by atoms with Crippen LogP contribution in [0.25, 0.3) is 0 Å². The SMILES string of the molecule is CCCCC1CCCC1Nc1cc(C)ncn1. The third-order valence-electron chi connectivity index (χ3n) is 3.72. The normalized spacial score (nSPS) is 23.9. The van der Waals surface area contributed by atoms with Gasteiger partial charge in [0.2, 0.25) is 0 Å². The van der Waals surface area contributed by atoms with Crippen LogP contribution in [-0.4, -0.2) is 16.0 Å². The second kappa shape index (κ2) is 5.99. The number of nitrogens with zero attached hydrogens (tertiary/aromatic N) is 2. The van der Waals surface area contributed by atoms with Gasteiger partial charge in [0.15, 0.2) is 0 Å². The number of hydrogen-bond donors (Lipinski definition) is 1. The quantitative estimate of drug-likeness (QED) is 0.845. The first kappa shape index (κ1) is 12.3. The van der Waals surface area contributed by atoms with E-state index in [2.05, 4.69) is 22.2 Å². The Morgan fingerprint density at radius 2 is 2.24 bits per heavy atom. The molecule has 17 heavy (non-hydrogen) atoms. The van der Waals surface area contributed by atoms with Gasteiger partial charge in [0.25, 0.3) is 0 Å². The molecule has 1 aromatic heterocycles. The third kappa shape index (κ3) is 3.42. The Hall–Kier alpha value is -1.12. The molecule has 0 amide bonds. The van der Waals surface area contributed by atoms with E-state index in [4.69, 9.17) is 0 Å². The molecule has 3 nitrogen and oxygen atoms in total. The van der Waals surface area contributed by atoms with Crippen LogP contribution in [0.3, 0.4) is 0 Å². The number of rotatable bonds is 5. The summed E-state index contributed by atoms with van der Waals surface area (Å²) in [5, 5.41) is 3.59. The monoisotopic (exact) mass is 233 g/mol. The lowest BCUT2D eigenvalue weighted by atomic mass is 9.97. The van der Waals surface area contributed by atoms with E-state index in [9.17, 15) is 0 Å². The van der Waals surface area contributed by atoms with Crippen molar-refractivity contribution in [1.82, 2.24) is 9.97 Å². The fourth-order valence-electron chi connectivity index (χ4n) is 2.76. The summed E-state index contributed by atoms with van der Waals surface area (Å²) in [6.07, 6.45) is 9.68. The van der Waals surface area contributed by atoms with Crippen molar-refractivity contribution in [3.63, 3.8) is 0 Å². The molecule has 1 saturated carbocycles. The standard InChI is InChI=1S/C14H23N3/c1-3-4-6-12-7-5-8-13(12)17-14-9-11(2)15-10-16-14/h9-10,12-13H,3-8H2,1-2H3,(H,15,16,17). The van der Waals surface area contributed by atoms with Crippen LogP contribution in [0, 0.1) is 12.8 Å². The van der Waals surface area contributed by atoms with Crippen LogP contribution in [0.15, 0.2) is 12.4 Å². The zero-order valence-electron chi connectivity index (χ0n) is 10.9. The van der Waals surface area contributed by atoms with Crippen LogP contribution in [0.4, 0.5) is 5.82 Å². The van der Waals surface area contributed by atoms with Crippen LogP contribution in [0.5, 0.6) is 0 Å². The minimum Gasteiger partial charge on any atom is -0.367 e. The highest BCUT2D eigenvalue weighted by Gasteiger charge is 2.26. The van der Waals surface area contributed by atoms with Crippen molar-refractivity contribution in [3.05, 3.63) is 18.1 Å². The van der Waals surface area contributed by atoms with E-state index < -0.39 is 0 Å². The molecule has 0 radical (unpaired) electrons. The Kier molecular flexibility index (Phi) is 4.35. The van der Waals surface area contributed by atoms with Gasteiger partial charge in [0.1, 0.15) is 12.1 Å². The zero-order chi connectivity index (χ0) is 12.1. The molecule has 2 rings (SSSR count). The van der Waals surface area contributed by atoms with E-state index in [1.54, 1.807) is 6.33 Å². The average Bonchev–Trinajstić information content (AvgIpc) is 2.74. The van der Waals surface area contributed by atoms with Gasteiger partial charge < -0.3 is 5.32 Å². The molecule has 1 aromatic rings. The first-order valence-electron chi connectivity index (χ1n) is 6.84. The molecule has 94 valence electrons. The zero-order valence-corrected chi connectivity index (χ0v) is 10.9. The van der Waals surface area contributed by atoms with Crippen molar-refractivity contribution >= 4 is 5.82 Å². The summed E-state index contributed by atoms with van der Waals surface area (Å²) in [7, 11) is 0. The molecule has 2 atom stereocenters. The van der Waals surface area contributed by atoms with Gasteiger partial charge in [-0.3, -0.25) is 0 Å². The Labute approximate surface area is 104 Å². The van der Waals surface area contributed by atoms with E-state index in [0.29, 0.717) is 6.04 Å². The lowest BCUT2D eigenvalue weighted by Crippen LogP contribution is -2.24. The molecule has 0 aliphatic heterocycles. The number of unbranched alkanes of at least 4 members (excludes halogenated alkanes) is 1. The maximum atomic E-state index is 4.30. The lowest BCUT2D eigenvalue weighted by molar-refractivity contribution is 0.448. The topological polar surface area (TPSA) is 37.8 Å². The Morgan fingerprint density at radius 3 is 3.00 bits per heavy atom. The van der Waals surface area contributed by atoms with E-state index in [0.717, 1.165) is 17.4 Å². The summed E-state index contributed by atoms with van der Waals surface area (Å²) in [4.78, 5) is 8.43. The predicted molar refractivity (Wildman–Crippen MR) is 71.0 cm³/mol. The van der Waals surface area contributed by atoms with Crippen LogP contribution in [0.2, 0.25) is 0 Å². The summed E-state index contributed by atoms with van der Waals surface area (Å²) in [6, 6.07) is 2.66. The molecule has 1 aliphatic rings. The van der Waals surface area contributed by atoms with E-state index >= 15 is 0 Å². The molecular formula is C14H23N3. The third-order valence-corrected chi connectivity index (χ3v) is 3.72. The molecule has 3 heteroatoms. The minimum absolute atomic E-state index is 0.621. The first-order chi connectivity index (χ1) is 8.29. The molecule has 0 spiro atoms. The lowest BCUT2D eigenvalue weighted by Gasteiger charge is -2.21. The summed E-state index contributed by atoms with van der Waals surface area (Å²) in [5.74, 6) is 1.83. The van der Waals surface area contributed by atoms with Crippen LogP contribution in [0.1, 0.15) is 51.1 Å². The minimum atomic E-state index is 0.621. The average molecular weight is 233 g/mol. The maximum absolute atomic E-state index is 4.30. The van der Waals surface area contributed by atoms with Crippen LogP contribution >= 0.6 is 0 Å². The maximum Gasteiger partial charge on any atom is 0.129 e. The van der Waals surface area contributed by atoms with Crippen molar-refractivity contribution in [2.45, 2.75) is 58.4 Å². The Bertz CT molecular complexity index is 351. The van der Waals surface area contributed by atoms with Gasteiger partial charge in [-0.2, -0.15) is 0 Å². The summed E-state index contributed by atoms with van der Waals surface area (Å²) >= 11 is 0. The van der Waals surface area contributed by atoms with E-state index in [-0.39, 0.29) is 0 Å². The van der Waals surface area contributed by atoms with Gasteiger partial charge in [-0.25, -0.2) is 9.97 Å². The van der Waals surface area contributed by atoms with Crippen molar-refractivity contribution in [2.24, 2.45) is 5.92 Å². The summed E-state index contributed by atoms with van der Waals surface area (Å²) in [6.45, 7) is 4.28. The molecule has 1 heterocycles. The smallest absolute Gasteiger partial charge is 0.129 e. The molecule has 1 N–H and O–H groups in total. The number of aromatic nitrogens is 2.